The molecule has 2 nitrogen and oxygen atoms in total. The molecular weight excluding hydrogens is 1050 g/mol. The van der Waals surface area contributed by atoms with Crippen molar-refractivity contribution in [1.82, 2.24) is 0 Å². The van der Waals surface area contributed by atoms with E-state index in [1.807, 2.05) is 0 Å². The second-order valence-electron chi connectivity index (χ2n) is 25.1. The van der Waals surface area contributed by atoms with E-state index in [-0.39, 0.29) is 16.2 Å². The number of rotatable bonds is 10. The highest BCUT2D eigenvalue weighted by Crippen LogP contribution is 2.62. The monoisotopic (exact) mass is 1110 g/mol. The van der Waals surface area contributed by atoms with Gasteiger partial charge in [0, 0.05) is 50.4 Å². The van der Waals surface area contributed by atoms with Gasteiger partial charge in [-0.25, -0.2) is 0 Å². The Morgan fingerprint density at radius 3 is 0.874 bits per heavy atom. The van der Waals surface area contributed by atoms with Crippen LogP contribution < -0.4 is 9.80 Å². The molecule has 12 aromatic carbocycles. The highest BCUT2D eigenvalue weighted by atomic mass is 15.1. The lowest BCUT2D eigenvalue weighted by molar-refractivity contribution is 0.626. The van der Waals surface area contributed by atoms with Crippen LogP contribution in [-0.4, -0.2) is 0 Å². The maximum absolute atomic E-state index is 2.50. The fourth-order valence-electron chi connectivity index (χ4n) is 16.2. The van der Waals surface area contributed by atoms with Crippen LogP contribution in [0.1, 0.15) is 105 Å². The Morgan fingerprint density at radius 2 is 0.529 bits per heavy atom. The standard InChI is InChI=1S/C85H64N2/c1-83(2)77-51-57(31-33-59-37-43-71-73-45-39-67(86(63-21-7-3-8-22-63)64-23-9-4-10-24-64)55-81(73)84(79(71)53-59)49-47-61-19-15-17-29-75(61)84)35-41-69(77)70-42-36-58(52-78(70)83)32-34-60-38-44-72-74-46-40-68(87(65-25-11-5-12-26-65)66-27-13-6-14-28-66)56-82(74)85(80(72)54-60)50-48-62-20-16-18-30-76(62)85/h3-46,51-56H,47-50H2,1-2H3/b33-31+,34-32+. The lowest BCUT2D eigenvalue weighted by atomic mass is 9.73. The van der Waals surface area contributed by atoms with Crippen molar-refractivity contribution in [1.29, 1.82) is 0 Å². The van der Waals surface area contributed by atoms with Gasteiger partial charge in [0.15, 0.2) is 0 Å². The number of benzene rings is 12. The summed E-state index contributed by atoms with van der Waals surface area (Å²) in [6.07, 6.45) is 13.5. The molecule has 0 heterocycles. The van der Waals surface area contributed by atoms with Crippen LogP contribution in [0.4, 0.5) is 34.1 Å². The van der Waals surface area contributed by atoms with Crippen LogP contribution in [0.5, 0.6) is 0 Å². The van der Waals surface area contributed by atoms with Crippen LogP contribution in [-0.2, 0) is 29.1 Å². The molecule has 5 aliphatic carbocycles. The van der Waals surface area contributed by atoms with E-state index in [1.54, 1.807) is 0 Å². The Morgan fingerprint density at radius 1 is 0.253 bits per heavy atom. The summed E-state index contributed by atoms with van der Waals surface area (Å²) in [5.41, 5.74) is 33.4. The lowest BCUT2D eigenvalue weighted by Crippen LogP contribution is -2.24. The van der Waals surface area contributed by atoms with Gasteiger partial charge in [-0.15, -0.1) is 0 Å². The van der Waals surface area contributed by atoms with Crippen molar-refractivity contribution in [3.8, 4) is 33.4 Å². The summed E-state index contributed by atoms with van der Waals surface area (Å²) in [4.78, 5) is 4.80. The zero-order valence-corrected chi connectivity index (χ0v) is 49.1. The predicted octanol–water partition coefficient (Wildman–Crippen LogP) is 21.8. The van der Waals surface area contributed by atoms with Gasteiger partial charge in [0.1, 0.15) is 0 Å². The van der Waals surface area contributed by atoms with E-state index >= 15 is 0 Å². The van der Waals surface area contributed by atoms with Crippen LogP contribution in [0.2, 0.25) is 0 Å². The highest BCUT2D eigenvalue weighted by molar-refractivity contribution is 5.92. The highest BCUT2D eigenvalue weighted by Gasteiger charge is 2.50. The van der Waals surface area contributed by atoms with E-state index in [0.717, 1.165) is 48.4 Å². The van der Waals surface area contributed by atoms with E-state index in [9.17, 15) is 0 Å². The Labute approximate surface area is 511 Å². The first-order chi connectivity index (χ1) is 42.8. The Kier molecular flexibility index (Phi) is 11.7. The average molecular weight is 1110 g/mol. The molecule has 0 N–H and O–H groups in total. The lowest BCUT2D eigenvalue weighted by Gasteiger charge is -2.31. The molecule has 0 fully saturated rings. The van der Waals surface area contributed by atoms with Crippen LogP contribution in [0.15, 0.2) is 279 Å². The number of hydrogen-bond acceptors (Lipinski definition) is 2. The fourth-order valence-corrected chi connectivity index (χ4v) is 16.2. The molecule has 2 spiro atoms. The van der Waals surface area contributed by atoms with Gasteiger partial charge in [0.25, 0.3) is 0 Å². The van der Waals surface area contributed by atoms with Gasteiger partial charge >= 0.3 is 0 Å². The largest absolute Gasteiger partial charge is 0.310 e. The summed E-state index contributed by atoms with van der Waals surface area (Å²) in [6.45, 7) is 4.81. The number of aryl methyl sites for hydroxylation is 2. The first kappa shape index (κ1) is 51.2. The van der Waals surface area contributed by atoms with E-state index in [1.165, 1.54) is 123 Å². The number of anilines is 6. The molecule has 414 valence electrons. The van der Waals surface area contributed by atoms with Crippen molar-refractivity contribution in [3.05, 3.63) is 357 Å². The maximum Gasteiger partial charge on any atom is 0.0470 e. The van der Waals surface area contributed by atoms with Crippen molar-refractivity contribution in [2.75, 3.05) is 9.80 Å². The van der Waals surface area contributed by atoms with Crippen molar-refractivity contribution in [2.24, 2.45) is 0 Å². The Hall–Kier alpha value is -10.3. The van der Waals surface area contributed by atoms with Crippen LogP contribution in [0.3, 0.4) is 0 Å². The van der Waals surface area contributed by atoms with Gasteiger partial charge < -0.3 is 9.80 Å². The normalized spacial score (nSPS) is 17.4. The van der Waals surface area contributed by atoms with Gasteiger partial charge in [0.05, 0.1) is 0 Å². The molecular formula is C85H64N2. The van der Waals surface area contributed by atoms with Gasteiger partial charge in [-0.3, -0.25) is 0 Å². The average Bonchev–Trinajstić information content (AvgIpc) is 1.58. The minimum Gasteiger partial charge on any atom is -0.310 e. The molecule has 0 saturated carbocycles. The van der Waals surface area contributed by atoms with Gasteiger partial charge in [-0.05, 0) is 222 Å². The molecule has 2 unspecified atom stereocenters. The van der Waals surface area contributed by atoms with Gasteiger partial charge in [-0.2, -0.15) is 0 Å². The quantitative estimate of drug-likeness (QED) is 0.126. The number of fused-ring (bicyclic) bond motifs is 17. The minimum absolute atomic E-state index is 0.174. The van der Waals surface area contributed by atoms with Gasteiger partial charge in [-0.1, -0.05) is 232 Å². The molecule has 87 heavy (non-hydrogen) atoms. The molecule has 0 amide bonds. The zero-order valence-electron chi connectivity index (χ0n) is 49.1. The topological polar surface area (TPSA) is 6.48 Å². The first-order valence-corrected chi connectivity index (χ1v) is 31.1. The molecule has 0 saturated heterocycles. The van der Waals surface area contributed by atoms with E-state index in [0.29, 0.717) is 0 Å². The molecule has 5 aliphatic rings. The number of para-hydroxylation sites is 4. The van der Waals surface area contributed by atoms with Crippen molar-refractivity contribution < 1.29 is 0 Å². The summed E-state index contributed by atoms with van der Waals surface area (Å²) < 4.78 is 0. The van der Waals surface area contributed by atoms with E-state index in [4.69, 9.17) is 0 Å². The molecule has 0 aliphatic heterocycles. The predicted molar refractivity (Wildman–Crippen MR) is 364 cm³/mol. The second kappa shape index (κ2) is 19.9. The van der Waals surface area contributed by atoms with Gasteiger partial charge in [0.2, 0.25) is 0 Å². The summed E-state index contributed by atoms with van der Waals surface area (Å²) in [7, 11) is 0. The summed E-state index contributed by atoms with van der Waals surface area (Å²) in [6, 6.07) is 105. The third-order valence-electron chi connectivity index (χ3n) is 20.2. The molecule has 0 bridgehead atoms. The molecule has 2 atom stereocenters. The Bertz CT molecular complexity index is 4400. The van der Waals surface area contributed by atoms with E-state index in [2.05, 4.69) is 327 Å². The first-order valence-electron chi connectivity index (χ1n) is 31.1. The molecule has 0 radical (unpaired) electrons. The van der Waals surface area contributed by atoms with Crippen molar-refractivity contribution in [2.45, 2.75) is 55.8 Å². The summed E-state index contributed by atoms with van der Waals surface area (Å²) >= 11 is 0. The fraction of sp³-hybridized carbons (Fsp3) is 0.106. The third-order valence-corrected chi connectivity index (χ3v) is 20.2. The molecule has 0 aromatic heterocycles. The SMILES string of the molecule is CC1(C)c2cc(/C=C/c3ccc4c(c3)C3(CCc5ccccc53)c3cc(N(c5ccccc5)c5ccccc5)ccc3-4)ccc2-c2ccc(/C=C/c3ccc4c(c3)C3(CCc5ccccc53)c3cc(N(c5ccccc5)c5ccccc5)ccc3-4)cc21. The van der Waals surface area contributed by atoms with E-state index < -0.39 is 0 Å². The van der Waals surface area contributed by atoms with Crippen molar-refractivity contribution in [3.63, 3.8) is 0 Å². The zero-order chi connectivity index (χ0) is 57.8. The van der Waals surface area contributed by atoms with Crippen LogP contribution >= 0.6 is 0 Å². The molecule has 12 aromatic rings. The number of nitrogens with zero attached hydrogens (tertiary/aromatic N) is 2. The minimum atomic E-state index is -0.239. The van der Waals surface area contributed by atoms with Crippen LogP contribution in [0.25, 0.3) is 57.7 Å². The summed E-state index contributed by atoms with van der Waals surface area (Å²) in [5.74, 6) is 0. The molecule has 17 rings (SSSR count). The Balaban J connectivity index is 0.666. The van der Waals surface area contributed by atoms with Crippen molar-refractivity contribution >= 4 is 58.4 Å². The second-order valence-corrected chi connectivity index (χ2v) is 25.1. The summed E-state index contributed by atoms with van der Waals surface area (Å²) in [5, 5.41) is 0. The third kappa shape index (κ3) is 7.94. The molecule has 2 heteroatoms. The smallest absolute Gasteiger partial charge is 0.0470 e. The van der Waals surface area contributed by atoms with Crippen LogP contribution in [0, 0.1) is 0 Å². The maximum atomic E-state index is 2.50. The number of hydrogen-bond donors (Lipinski definition) is 0.